The molecule has 2 N–H and O–H groups in total. The topological polar surface area (TPSA) is 69.6 Å². The van der Waals surface area contributed by atoms with Gasteiger partial charge < -0.3 is 15.3 Å². The van der Waals surface area contributed by atoms with Crippen molar-refractivity contribution in [2.45, 2.75) is 39.9 Å². The highest BCUT2D eigenvalue weighted by Gasteiger charge is 2.32. The number of aryl methyl sites for hydroxylation is 3. The van der Waals surface area contributed by atoms with Crippen LogP contribution in [0.25, 0.3) is 11.1 Å². The molecular weight excluding hydrogens is 493 g/mol. The molecule has 9 heteroatoms. The monoisotopic (exact) mass is 518 g/mol. The second kappa shape index (κ2) is 10.6. The highest BCUT2D eigenvalue weighted by atomic mass is 35.5. The minimum atomic E-state index is -4.45. The highest BCUT2D eigenvalue weighted by molar-refractivity contribution is 6.31. The van der Waals surface area contributed by atoms with E-state index in [-0.39, 0.29) is 0 Å². The number of carboxylic acids is 1. The van der Waals surface area contributed by atoms with Crippen LogP contribution in [0.15, 0.2) is 54.6 Å². The first-order valence-electron chi connectivity index (χ1n) is 11.1. The number of alkyl halides is 3. The highest BCUT2D eigenvalue weighted by Crippen LogP contribution is 2.35. The molecular formula is C27H26ClF3N2O3. The van der Waals surface area contributed by atoms with E-state index in [1.807, 2.05) is 0 Å². The van der Waals surface area contributed by atoms with E-state index in [0.717, 1.165) is 0 Å². The average molecular weight is 519 g/mol. The quantitative estimate of drug-likeness (QED) is 0.359. The van der Waals surface area contributed by atoms with Gasteiger partial charge in [0.25, 0.3) is 5.91 Å². The number of rotatable bonds is 7. The fourth-order valence-corrected chi connectivity index (χ4v) is 4.10. The smallest absolute Gasteiger partial charge is 0.406 e. The van der Waals surface area contributed by atoms with Crippen LogP contribution < -0.4 is 10.2 Å². The molecule has 0 aliphatic rings. The summed E-state index contributed by atoms with van der Waals surface area (Å²) in [6, 6.07) is 13.9. The van der Waals surface area contributed by atoms with Gasteiger partial charge in [-0.25, -0.2) is 0 Å². The summed E-state index contributed by atoms with van der Waals surface area (Å²) in [5, 5.41) is 12.0. The maximum Gasteiger partial charge on any atom is 0.406 e. The molecule has 0 heterocycles. The second-order valence-corrected chi connectivity index (χ2v) is 9.11. The SMILES string of the molecule is Cc1cc(N(CC(F)(F)F)c2cccc(-c3cc(C)c(C(=O)NC(C)C(=O)O)c(C)c3)c2)ccc1Cl. The Balaban J connectivity index is 2.02. The number of nitrogens with one attached hydrogen (secondary N) is 1. The average Bonchev–Trinajstić information content (AvgIpc) is 2.78. The van der Waals surface area contributed by atoms with Crippen LogP contribution >= 0.6 is 11.6 Å². The fraction of sp³-hybridized carbons (Fsp3) is 0.259. The second-order valence-electron chi connectivity index (χ2n) is 8.70. The van der Waals surface area contributed by atoms with Crippen LogP contribution in [0.2, 0.25) is 5.02 Å². The number of hydrogen-bond acceptors (Lipinski definition) is 3. The zero-order chi connectivity index (χ0) is 26.8. The first kappa shape index (κ1) is 27.1. The predicted molar refractivity (Wildman–Crippen MR) is 135 cm³/mol. The number of nitrogens with zero attached hydrogens (tertiary/aromatic N) is 1. The van der Waals surface area contributed by atoms with Crippen molar-refractivity contribution in [3.05, 3.63) is 81.9 Å². The molecule has 0 saturated carbocycles. The van der Waals surface area contributed by atoms with Gasteiger partial charge in [-0.05, 0) is 85.8 Å². The Hall–Kier alpha value is -3.52. The molecule has 1 unspecified atom stereocenters. The third kappa shape index (κ3) is 6.37. The van der Waals surface area contributed by atoms with Gasteiger partial charge in [0.05, 0.1) is 0 Å². The first-order valence-corrected chi connectivity index (χ1v) is 11.5. The Morgan fingerprint density at radius 2 is 1.56 bits per heavy atom. The molecule has 0 aliphatic heterocycles. The largest absolute Gasteiger partial charge is 0.480 e. The molecule has 0 radical (unpaired) electrons. The van der Waals surface area contributed by atoms with Crippen molar-refractivity contribution in [1.82, 2.24) is 5.32 Å². The van der Waals surface area contributed by atoms with E-state index < -0.39 is 30.6 Å². The number of anilines is 2. The van der Waals surface area contributed by atoms with Crippen molar-refractivity contribution in [2.75, 3.05) is 11.4 Å². The number of aliphatic carboxylic acids is 1. The number of carbonyl (C=O) groups is 2. The lowest BCUT2D eigenvalue weighted by Crippen LogP contribution is -2.38. The van der Waals surface area contributed by atoms with Crippen LogP contribution in [0, 0.1) is 20.8 Å². The van der Waals surface area contributed by atoms with E-state index in [2.05, 4.69) is 5.32 Å². The van der Waals surface area contributed by atoms with Gasteiger partial charge in [-0.1, -0.05) is 35.9 Å². The lowest BCUT2D eigenvalue weighted by Gasteiger charge is -2.27. The molecule has 3 aromatic rings. The van der Waals surface area contributed by atoms with Crippen molar-refractivity contribution >= 4 is 34.9 Å². The van der Waals surface area contributed by atoms with E-state index in [4.69, 9.17) is 16.7 Å². The van der Waals surface area contributed by atoms with E-state index >= 15 is 0 Å². The summed E-state index contributed by atoms with van der Waals surface area (Å²) in [4.78, 5) is 24.9. The van der Waals surface area contributed by atoms with Crippen molar-refractivity contribution in [1.29, 1.82) is 0 Å². The molecule has 1 amide bonds. The summed E-state index contributed by atoms with van der Waals surface area (Å²) in [7, 11) is 0. The zero-order valence-electron chi connectivity index (χ0n) is 20.2. The van der Waals surface area contributed by atoms with Crippen LogP contribution in [0.1, 0.15) is 34.0 Å². The molecule has 0 aromatic heterocycles. The summed E-state index contributed by atoms with van der Waals surface area (Å²) in [5.41, 5.74) is 4.35. The zero-order valence-corrected chi connectivity index (χ0v) is 21.0. The van der Waals surface area contributed by atoms with Gasteiger partial charge in [0.1, 0.15) is 12.6 Å². The first-order chi connectivity index (χ1) is 16.8. The molecule has 0 aliphatic carbocycles. The molecule has 1 atom stereocenters. The maximum atomic E-state index is 13.5. The number of carboxylic acid groups (broad SMARTS) is 1. The third-order valence-electron chi connectivity index (χ3n) is 5.76. The minimum absolute atomic E-state index is 0.346. The van der Waals surface area contributed by atoms with Gasteiger partial charge in [-0.15, -0.1) is 0 Å². The van der Waals surface area contributed by atoms with Gasteiger partial charge in [-0.2, -0.15) is 13.2 Å². The Kier molecular flexibility index (Phi) is 7.99. The van der Waals surface area contributed by atoms with Gasteiger partial charge in [-0.3, -0.25) is 9.59 Å². The van der Waals surface area contributed by atoms with Crippen molar-refractivity contribution in [3.8, 4) is 11.1 Å². The van der Waals surface area contributed by atoms with E-state index in [0.29, 0.717) is 49.8 Å². The Morgan fingerprint density at radius 3 is 2.11 bits per heavy atom. The molecule has 190 valence electrons. The molecule has 0 spiro atoms. The van der Waals surface area contributed by atoms with Gasteiger partial charge in [0.2, 0.25) is 0 Å². The molecule has 3 rings (SSSR count). The van der Waals surface area contributed by atoms with Gasteiger partial charge >= 0.3 is 12.1 Å². The third-order valence-corrected chi connectivity index (χ3v) is 6.18. The summed E-state index contributed by atoms with van der Waals surface area (Å²) >= 11 is 6.08. The van der Waals surface area contributed by atoms with Gasteiger partial charge in [0, 0.05) is 22.0 Å². The Bertz CT molecular complexity index is 1280. The number of halogens is 4. The summed E-state index contributed by atoms with van der Waals surface area (Å²) < 4.78 is 40.5. The number of amides is 1. The van der Waals surface area contributed by atoms with Crippen LogP contribution in [0.3, 0.4) is 0 Å². The summed E-state index contributed by atoms with van der Waals surface area (Å²) in [6.07, 6.45) is -4.45. The Labute approximate surface area is 212 Å². The molecule has 36 heavy (non-hydrogen) atoms. The van der Waals surface area contributed by atoms with Crippen LogP contribution in [-0.4, -0.2) is 35.7 Å². The predicted octanol–water partition coefficient (Wildman–Crippen LogP) is 6.84. The lowest BCUT2D eigenvalue weighted by molar-refractivity contribution is -0.138. The van der Waals surface area contributed by atoms with Crippen molar-refractivity contribution in [2.24, 2.45) is 0 Å². The number of hydrogen-bond donors (Lipinski definition) is 2. The van der Waals surface area contributed by atoms with Crippen LogP contribution in [0.4, 0.5) is 24.5 Å². The normalized spacial score (nSPS) is 12.2. The maximum absolute atomic E-state index is 13.5. The Morgan fingerprint density at radius 1 is 0.944 bits per heavy atom. The van der Waals surface area contributed by atoms with E-state index in [9.17, 15) is 22.8 Å². The molecule has 5 nitrogen and oxygen atoms in total. The van der Waals surface area contributed by atoms with Crippen molar-refractivity contribution < 1.29 is 27.9 Å². The summed E-state index contributed by atoms with van der Waals surface area (Å²) in [5.74, 6) is -1.65. The van der Waals surface area contributed by atoms with E-state index in [1.165, 1.54) is 11.8 Å². The van der Waals surface area contributed by atoms with Crippen molar-refractivity contribution in [3.63, 3.8) is 0 Å². The molecule has 3 aromatic carbocycles. The molecule has 0 bridgehead atoms. The number of benzene rings is 3. The summed E-state index contributed by atoms with van der Waals surface area (Å²) in [6.45, 7) is 5.38. The van der Waals surface area contributed by atoms with Crippen LogP contribution in [0.5, 0.6) is 0 Å². The standard InChI is InChI=1S/C27H26ClF3N2O3/c1-15-12-22(8-9-23(15)28)33(14-27(29,30)31)21-7-5-6-19(13-21)20-10-16(2)24(17(3)11-20)25(34)32-18(4)26(35)36/h5-13,18H,14H2,1-4H3,(H,32,34)(H,35,36). The van der Waals surface area contributed by atoms with E-state index in [1.54, 1.807) is 75.4 Å². The lowest BCUT2D eigenvalue weighted by atomic mass is 9.94. The molecule has 0 fully saturated rings. The fourth-order valence-electron chi connectivity index (χ4n) is 3.98. The molecule has 0 saturated heterocycles. The number of carbonyl (C=O) groups excluding carboxylic acids is 1. The van der Waals surface area contributed by atoms with Crippen LogP contribution in [-0.2, 0) is 4.79 Å². The minimum Gasteiger partial charge on any atom is -0.480 e. The van der Waals surface area contributed by atoms with Gasteiger partial charge in [0.15, 0.2) is 0 Å².